The zero-order chi connectivity index (χ0) is 11.9. The van der Waals surface area contributed by atoms with Crippen molar-refractivity contribution in [3.63, 3.8) is 0 Å². The van der Waals surface area contributed by atoms with E-state index in [1.165, 1.54) is 0 Å². The molecular formula is C13H13ClN2O. The van der Waals surface area contributed by atoms with Gasteiger partial charge in [-0.05, 0) is 17.7 Å². The molecule has 0 unspecified atom stereocenters. The third kappa shape index (κ3) is 2.02. The van der Waals surface area contributed by atoms with E-state index in [-0.39, 0.29) is 0 Å². The highest BCUT2D eigenvalue weighted by molar-refractivity contribution is 6.30. The van der Waals surface area contributed by atoms with E-state index in [2.05, 4.69) is 10.3 Å². The van der Waals surface area contributed by atoms with Crippen molar-refractivity contribution in [3.05, 3.63) is 41.0 Å². The van der Waals surface area contributed by atoms with E-state index in [4.69, 9.17) is 11.6 Å². The Balaban J connectivity index is 2.01. The van der Waals surface area contributed by atoms with Gasteiger partial charge in [0.25, 0.3) is 0 Å². The van der Waals surface area contributed by atoms with Crippen molar-refractivity contribution in [2.75, 3.05) is 13.1 Å². The summed E-state index contributed by atoms with van der Waals surface area (Å²) in [7, 11) is 0. The molecule has 0 amide bonds. The average molecular weight is 249 g/mol. The molecule has 88 valence electrons. The van der Waals surface area contributed by atoms with Gasteiger partial charge in [-0.3, -0.25) is 0 Å². The number of pyridine rings is 1. The van der Waals surface area contributed by atoms with Crippen LogP contribution in [0.15, 0.2) is 30.3 Å². The van der Waals surface area contributed by atoms with Gasteiger partial charge in [0, 0.05) is 24.9 Å². The standard InChI is InChI=1S/C13H13ClN2O/c14-12-10(6-13(17)7-15-8-13)5-9-3-1-2-4-11(9)16-12/h1-5,15,17H,6-8H2. The summed E-state index contributed by atoms with van der Waals surface area (Å²) in [5.41, 5.74) is 1.14. The Morgan fingerprint density at radius 2 is 2.12 bits per heavy atom. The van der Waals surface area contributed by atoms with Gasteiger partial charge in [-0.1, -0.05) is 29.8 Å². The number of nitrogens with zero attached hydrogens (tertiary/aromatic N) is 1. The zero-order valence-electron chi connectivity index (χ0n) is 9.28. The molecular weight excluding hydrogens is 236 g/mol. The van der Waals surface area contributed by atoms with Crippen LogP contribution in [-0.2, 0) is 6.42 Å². The fourth-order valence-corrected chi connectivity index (χ4v) is 2.37. The monoisotopic (exact) mass is 248 g/mol. The number of benzene rings is 1. The Morgan fingerprint density at radius 3 is 2.82 bits per heavy atom. The summed E-state index contributed by atoms with van der Waals surface area (Å²) < 4.78 is 0. The minimum absolute atomic E-state index is 0.490. The van der Waals surface area contributed by atoms with Crippen molar-refractivity contribution >= 4 is 22.5 Å². The van der Waals surface area contributed by atoms with Gasteiger partial charge in [0.1, 0.15) is 5.15 Å². The fraction of sp³-hybridized carbons (Fsp3) is 0.308. The lowest BCUT2D eigenvalue weighted by atomic mass is 9.89. The molecule has 0 aliphatic carbocycles. The lowest BCUT2D eigenvalue weighted by molar-refractivity contribution is -0.00903. The van der Waals surface area contributed by atoms with E-state index in [0.717, 1.165) is 16.5 Å². The van der Waals surface area contributed by atoms with Crippen LogP contribution in [0.4, 0.5) is 0 Å². The van der Waals surface area contributed by atoms with Gasteiger partial charge in [0.15, 0.2) is 0 Å². The quantitative estimate of drug-likeness (QED) is 0.797. The van der Waals surface area contributed by atoms with Crippen LogP contribution in [0.25, 0.3) is 10.9 Å². The third-order valence-corrected chi connectivity index (χ3v) is 3.50. The average Bonchev–Trinajstić information content (AvgIpc) is 2.28. The molecule has 4 heteroatoms. The number of hydrogen-bond acceptors (Lipinski definition) is 3. The number of hydrogen-bond donors (Lipinski definition) is 2. The van der Waals surface area contributed by atoms with E-state index in [1.807, 2.05) is 30.3 Å². The maximum absolute atomic E-state index is 10.1. The lowest BCUT2D eigenvalue weighted by Crippen LogP contribution is -2.60. The Kier molecular flexibility index (Phi) is 2.54. The van der Waals surface area contributed by atoms with Gasteiger partial charge < -0.3 is 10.4 Å². The summed E-state index contributed by atoms with van der Waals surface area (Å²) in [4.78, 5) is 4.35. The molecule has 1 aromatic heterocycles. The van der Waals surface area contributed by atoms with Crippen molar-refractivity contribution in [2.24, 2.45) is 0 Å². The molecule has 0 radical (unpaired) electrons. The first-order valence-electron chi connectivity index (χ1n) is 5.64. The van der Waals surface area contributed by atoms with E-state index in [0.29, 0.717) is 24.7 Å². The number of fused-ring (bicyclic) bond motifs is 1. The normalized spacial score (nSPS) is 18.0. The molecule has 1 aromatic carbocycles. The number of β-amino-alcohol motifs (C(OH)–C–C–N with tert-alkyl or cyclic N) is 1. The minimum Gasteiger partial charge on any atom is -0.387 e. The van der Waals surface area contributed by atoms with Crippen LogP contribution in [0.2, 0.25) is 5.15 Å². The van der Waals surface area contributed by atoms with Crippen LogP contribution in [-0.4, -0.2) is 28.8 Å². The first-order valence-corrected chi connectivity index (χ1v) is 6.01. The molecule has 1 aliphatic rings. The summed E-state index contributed by atoms with van der Waals surface area (Å²) in [6, 6.07) is 9.87. The number of aliphatic hydroxyl groups is 1. The Morgan fingerprint density at radius 1 is 1.35 bits per heavy atom. The van der Waals surface area contributed by atoms with E-state index < -0.39 is 5.60 Å². The highest BCUT2D eigenvalue weighted by atomic mass is 35.5. The number of nitrogens with one attached hydrogen (secondary N) is 1. The molecule has 0 bridgehead atoms. The summed E-state index contributed by atoms with van der Waals surface area (Å²) >= 11 is 6.15. The van der Waals surface area contributed by atoms with Crippen molar-refractivity contribution in [3.8, 4) is 0 Å². The van der Waals surface area contributed by atoms with Gasteiger partial charge in [-0.15, -0.1) is 0 Å². The minimum atomic E-state index is -0.659. The van der Waals surface area contributed by atoms with Crippen LogP contribution in [0, 0.1) is 0 Å². The Labute approximate surface area is 104 Å². The van der Waals surface area contributed by atoms with Gasteiger partial charge in [-0.25, -0.2) is 4.98 Å². The second-order valence-corrected chi connectivity index (χ2v) is 4.99. The zero-order valence-corrected chi connectivity index (χ0v) is 10.0. The lowest BCUT2D eigenvalue weighted by Gasteiger charge is -2.37. The molecule has 0 spiro atoms. The maximum Gasteiger partial charge on any atom is 0.133 e. The molecule has 1 aliphatic heterocycles. The second-order valence-electron chi connectivity index (χ2n) is 4.64. The molecule has 0 saturated carbocycles. The van der Waals surface area contributed by atoms with Crippen LogP contribution in [0.5, 0.6) is 0 Å². The van der Waals surface area contributed by atoms with E-state index in [9.17, 15) is 5.11 Å². The molecule has 17 heavy (non-hydrogen) atoms. The number of rotatable bonds is 2. The number of para-hydroxylation sites is 1. The van der Waals surface area contributed by atoms with Gasteiger partial charge in [0.2, 0.25) is 0 Å². The van der Waals surface area contributed by atoms with E-state index >= 15 is 0 Å². The van der Waals surface area contributed by atoms with Crippen LogP contribution in [0.1, 0.15) is 5.56 Å². The first kappa shape index (κ1) is 11.0. The van der Waals surface area contributed by atoms with Crippen LogP contribution >= 0.6 is 11.6 Å². The highest BCUT2D eigenvalue weighted by Gasteiger charge is 2.35. The molecule has 2 N–H and O–H groups in total. The summed E-state index contributed by atoms with van der Waals surface area (Å²) in [6.45, 7) is 1.24. The van der Waals surface area contributed by atoms with Gasteiger partial charge >= 0.3 is 0 Å². The highest BCUT2D eigenvalue weighted by Crippen LogP contribution is 2.25. The fourth-order valence-electron chi connectivity index (χ4n) is 2.15. The largest absolute Gasteiger partial charge is 0.387 e. The molecule has 3 nitrogen and oxygen atoms in total. The van der Waals surface area contributed by atoms with Crippen LogP contribution < -0.4 is 5.32 Å². The van der Waals surface area contributed by atoms with Crippen molar-refractivity contribution in [1.29, 1.82) is 0 Å². The summed E-state index contributed by atoms with van der Waals surface area (Å²) in [6.07, 6.45) is 0.552. The number of aromatic nitrogens is 1. The smallest absolute Gasteiger partial charge is 0.133 e. The Bertz CT molecular complexity index is 566. The third-order valence-electron chi connectivity index (χ3n) is 3.18. The summed E-state index contributed by atoms with van der Waals surface area (Å²) in [5.74, 6) is 0. The molecule has 0 atom stereocenters. The maximum atomic E-state index is 10.1. The van der Waals surface area contributed by atoms with Crippen molar-refractivity contribution in [1.82, 2.24) is 10.3 Å². The molecule has 1 fully saturated rings. The summed E-state index contributed by atoms with van der Waals surface area (Å²) in [5, 5.41) is 14.7. The van der Waals surface area contributed by atoms with Crippen molar-refractivity contribution < 1.29 is 5.11 Å². The molecule has 2 aromatic rings. The molecule has 1 saturated heterocycles. The van der Waals surface area contributed by atoms with Crippen LogP contribution in [0.3, 0.4) is 0 Å². The number of halogens is 1. The Hall–Kier alpha value is -1.16. The molecule has 3 rings (SSSR count). The van der Waals surface area contributed by atoms with Crippen molar-refractivity contribution in [2.45, 2.75) is 12.0 Å². The van der Waals surface area contributed by atoms with Gasteiger partial charge in [-0.2, -0.15) is 0 Å². The molecule has 2 heterocycles. The van der Waals surface area contributed by atoms with E-state index in [1.54, 1.807) is 0 Å². The second kappa shape index (κ2) is 3.95. The predicted octanol–water partition coefficient (Wildman–Crippen LogP) is 1.76. The van der Waals surface area contributed by atoms with Gasteiger partial charge in [0.05, 0.1) is 11.1 Å². The topological polar surface area (TPSA) is 45.2 Å². The SMILES string of the molecule is OC1(Cc2cc3ccccc3nc2Cl)CNC1. The first-order chi connectivity index (χ1) is 8.16. The predicted molar refractivity (Wildman–Crippen MR) is 68.3 cm³/mol.